The fraction of sp³-hybridized carbons (Fsp3) is 0.800. The minimum atomic E-state index is -2.32. The highest BCUT2D eigenvalue weighted by atomic mass is 35.6. The highest BCUT2D eigenvalue weighted by Gasteiger charge is 2.54. The zero-order valence-corrected chi connectivity index (χ0v) is 26.0. The summed E-state index contributed by atoms with van der Waals surface area (Å²) in [5.41, 5.74) is 0. The molecule has 0 aromatic heterocycles. The van der Waals surface area contributed by atoms with E-state index < -0.39 is 76.7 Å². The molecular formula is C25H36Cl3NO12. The van der Waals surface area contributed by atoms with Crippen molar-refractivity contribution in [1.29, 1.82) is 5.41 Å². The number of halogens is 3. The first-order valence-electron chi connectivity index (χ1n) is 12.9. The number of carbonyl (C=O) groups excluding carboxylic acids is 4. The van der Waals surface area contributed by atoms with Gasteiger partial charge >= 0.3 is 23.9 Å². The predicted molar refractivity (Wildman–Crippen MR) is 143 cm³/mol. The third kappa shape index (κ3) is 9.82. The van der Waals surface area contributed by atoms with Gasteiger partial charge in [0, 0.05) is 33.6 Å². The van der Waals surface area contributed by atoms with Gasteiger partial charge in [0.05, 0.1) is 12.7 Å². The third-order valence-electron chi connectivity index (χ3n) is 6.63. The van der Waals surface area contributed by atoms with Crippen molar-refractivity contribution < 1.29 is 57.1 Å². The van der Waals surface area contributed by atoms with Crippen molar-refractivity contribution in [2.24, 2.45) is 11.8 Å². The molecule has 13 nitrogen and oxygen atoms in total. The number of alkyl halides is 3. The van der Waals surface area contributed by atoms with Gasteiger partial charge in [0.2, 0.25) is 18.3 Å². The van der Waals surface area contributed by atoms with Gasteiger partial charge in [-0.25, -0.2) is 0 Å². The zero-order chi connectivity index (χ0) is 31.2. The second-order valence-electron chi connectivity index (χ2n) is 9.79. The molecule has 1 unspecified atom stereocenters. The van der Waals surface area contributed by atoms with Gasteiger partial charge in [0.15, 0.2) is 24.6 Å². The second-order valence-corrected chi connectivity index (χ2v) is 12.1. The molecule has 0 amide bonds. The van der Waals surface area contributed by atoms with Crippen molar-refractivity contribution in [3.63, 3.8) is 0 Å². The molecule has 2 aliphatic heterocycles. The summed E-state index contributed by atoms with van der Waals surface area (Å²) in [4.78, 5) is 48.0. The second kappa shape index (κ2) is 15.0. The summed E-state index contributed by atoms with van der Waals surface area (Å²) in [6.45, 7) is 9.98. The van der Waals surface area contributed by atoms with E-state index in [4.69, 9.17) is 78.1 Å². The molecule has 0 aromatic rings. The number of ether oxygens (including phenoxy) is 8. The van der Waals surface area contributed by atoms with E-state index in [0.29, 0.717) is 6.42 Å². The van der Waals surface area contributed by atoms with Gasteiger partial charge < -0.3 is 37.9 Å². The monoisotopic (exact) mass is 647 g/mol. The molecule has 0 aromatic carbocycles. The minimum absolute atomic E-state index is 0.0347. The molecule has 10 atom stereocenters. The van der Waals surface area contributed by atoms with Crippen LogP contribution in [0.1, 0.15) is 54.9 Å². The van der Waals surface area contributed by atoms with E-state index in [0.717, 1.165) is 20.8 Å². The van der Waals surface area contributed by atoms with Gasteiger partial charge in [0.1, 0.15) is 6.10 Å². The third-order valence-corrected chi connectivity index (χ3v) is 7.14. The van der Waals surface area contributed by atoms with Crippen molar-refractivity contribution in [1.82, 2.24) is 0 Å². The number of carbonyl (C=O) groups is 4. The molecule has 2 heterocycles. The normalized spacial score (nSPS) is 33.7. The molecule has 41 heavy (non-hydrogen) atoms. The van der Waals surface area contributed by atoms with Crippen LogP contribution < -0.4 is 0 Å². The predicted octanol–water partition coefficient (Wildman–Crippen LogP) is 3.23. The first kappa shape index (κ1) is 35.3. The quantitative estimate of drug-likeness (QED) is 0.128. The van der Waals surface area contributed by atoms with Crippen molar-refractivity contribution >= 4 is 64.6 Å². The fourth-order valence-electron chi connectivity index (χ4n) is 4.67. The molecule has 1 N–H and O–H groups in total. The molecule has 2 fully saturated rings. The van der Waals surface area contributed by atoms with Crippen LogP contribution in [0, 0.1) is 17.2 Å². The van der Waals surface area contributed by atoms with Crippen LogP contribution >= 0.6 is 34.8 Å². The van der Waals surface area contributed by atoms with Crippen LogP contribution in [0.25, 0.3) is 0 Å². The topological polar surface area (TPSA) is 166 Å². The summed E-state index contributed by atoms with van der Waals surface area (Å²) < 4.78 is 42.8. The Bertz CT molecular complexity index is 976. The average molecular weight is 649 g/mol. The Labute approximate surface area is 253 Å². The molecule has 0 spiro atoms. The lowest BCUT2D eigenvalue weighted by atomic mass is 9.82. The van der Waals surface area contributed by atoms with Gasteiger partial charge in [-0.2, -0.15) is 0 Å². The molecule has 0 aliphatic carbocycles. The van der Waals surface area contributed by atoms with E-state index in [1.54, 1.807) is 0 Å². The maximum atomic E-state index is 12.1. The Hall–Kier alpha value is -1.90. The van der Waals surface area contributed by atoms with Crippen LogP contribution in [0.4, 0.5) is 0 Å². The number of rotatable bonds is 9. The number of nitrogens with one attached hydrogen (secondary N) is 1. The highest BCUT2D eigenvalue weighted by Crippen LogP contribution is 2.37. The van der Waals surface area contributed by atoms with E-state index in [-0.39, 0.29) is 24.5 Å². The molecule has 0 radical (unpaired) electrons. The van der Waals surface area contributed by atoms with Crippen LogP contribution in [-0.2, 0) is 57.1 Å². The van der Waals surface area contributed by atoms with Crippen molar-refractivity contribution in [2.45, 2.75) is 108 Å². The van der Waals surface area contributed by atoms with Gasteiger partial charge in [0.25, 0.3) is 3.79 Å². The van der Waals surface area contributed by atoms with Crippen molar-refractivity contribution in [3.05, 3.63) is 0 Å². The number of esters is 4. The van der Waals surface area contributed by atoms with E-state index >= 15 is 0 Å². The van der Waals surface area contributed by atoms with Gasteiger partial charge in [-0.3, -0.25) is 24.6 Å². The SMILES string of the molecule is CC[C@H]1O[C@@H](OC[C@H]2OC(OC(=N)C(Cl)(Cl)Cl)[C@H](OC(C)=O)[C@@H](OC(C)=O)[C@@H]2OC(C)=O)[C@H](OC(C)=O)[C@@H](C)[C@@H]1C. The summed E-state index contributed by atoms with van der Waals surface area (Å²) in [5.74, 6) is -3.98. The first-order valence-corrected chi connectivity index (χ1v) is 14.0. The van der Waals surface area contributed by atoms with Crippen molar-refractivity contribution in [2.75, 3.05) is 6.61 Å². The number of hydrogen-bond donors (Lipinski definition) is 1. The molecule has 2 aliphatic rings. The van der Waals surface area contributed by atoms with E-state index in [1.165, 1.54) is 6.92 Å². The van der Waals surface area contributed by atoms with E-state index in [9.17, 15) is 19.2 Å². The van der Waals surface area contributed by atoms with Crippen LogP contribution in [-0.4, -0.2) is 89.4 Å². The zero-order valence-electron chi connectivity index (χ0n) is 23.7. The molecule has 2 rings (SSSR count). The maximum Gasteiger partial charge on any atom is 0.303 e. The summed E-state index contributed by atoms with van der Waals surface area (Å²) in [7, 11) is 0. The molecular weight excluding hydrogens is 613 g/mol. The smallest absolute Gasteiger partial charge is 0.303 e. The number of hydrogen-bond acceptors (Lipinski definition) is 13. The molecule has 234 valence electrons. The summed E-state index contributed by atoms with van der Waals surface area (Å²) in [5, 5.41) is 7.99. The highest BCUT2D eigenvalue weighted by molar-refractivity contribution is 6.76. The first-order chi connectivity index (χ1) is 19.0. The lowest BCUT2D eigenvalue weighted by molar-refractivity contribution is -0.315. The van der Waals surface area contributed by atoms with Gasteiger partial charge in [-0.15, -0.1) is 0 Å². The summed E-state index contributed by atoms with van der Waals surface area (Å²) >= 11 is 17.3. The van der Waals surface area contributed by atoms with Crippen molar-refractivity contribution in [3.8, 4) is 0 Å². The maximum absolute atomic E-state index is 12.1. The van der Waals surface area contributed by atoms with Gasteiger partial charge in [-0.05, 0) is 12.3 Å². The Kier molecular flexibility index (Phi) is 12.9. The molecule has 0 bridgehead atoms. The van der Waals surface area contributed by atoms with E-state index in [1.807, 2.05) is 20.8 Å². The molecule has 0 saturated carbocycles. The van der Waals surface area contributed by atoms with Crippen LogP contribution in [0.2, 0.25) is 0 Å². The Morgan fingerprint density at radius 1 is 0.683 bits per heavy atom. The molecule has 2 saturated heterocycles. The fourth-order valence-corrected chi connectivity index (χ4v) is 4.81. The Morgan fingerprint density at radius 2 is 1.15 bits per heavy atom. The largest absolute Gasteiger partial charge is 0.457 e. The van der Waals surface area contributed by atoms with Crippen LogP contribution in [0.3, 0.4) is 0 Å². The Balaban J connectivity index is 2.46. The lowest BCUT2D eigenvalue weighted by Gasteiger charge is -2.46. The van der Waals surface area contributed by atoms with Crippen LogP contribution in [0.5, 0.6) is 0 Å². The van der Waals surface area contributed by atoms with Crippen LogP contribution in [0.15, 0.2) is 0 Å². The summed E-state index contributed by atoms with van der Waals surface area (Å²) in [6.07, 6.45) is -8.79. The Morgan fingerprint density at radius 3 is 1.63 bits per heavy atom. The lowest BCUT2D eigenvalue weighted by Crippen LogP contribution is -2.63. The molecule has 16 heteroatoms. The summed E-state index contributed by atoms with van der Waals surface area (Å²) in [6, 6.07) is 0. The average Bonchev–Trinajstić information content (AvgIpc) is 2.83. The van der Waals surface area contributed by atoms with E-state index in [2.05, 4.69) is 0 Å². The minimum Gasteiger partial charge on any atom is -0.457 e. The van der Waals surface area contributed by atoms with Gasteiger partial charge in [-0.1, -0.05) is 55.6 Å². The standard InChI is InChI=1S/C25H36Cl3NO12/c1-8-16-10(2)11(3)18(35-12(4)30)22(39-16)34-9-17-19(36-13(5)31)20(37-14(6)32)21(38-15(7)33)23(40-17)41-24(29)25(26,27)28/h10-11,16-23,29H,8-9H2,1-7H3/t10-,11-,16+,17+,18+,19+,20-,21+,22+,23?/m0/s1.